The molecule has 0 atom stereocenters. The molecule has 0 radical (unpaired) electrons. The quantitative estimate of drug-likeness (QED) is 0.608. The van der Waals surface area contributed by atoms with E-state index < -0.39 is 5.63 Å². The fourth-order valence-electron chi connectivity index (χ4n) is 2.02. The SMILES string of the molecule is O=c1cc(-c2cccc(I)c2)nc(C=Cc2ccccc2)o1. The lowest BCUT2D eigenvalue weighted by Gasteiger charge is -2.01. The topological polar surface area (TPSA) is 43.1 Å². The second kappa shape index (κ2) is 6.70. The van der Waals surface area contributed by atoms with E-state index in [9.17, 15) is 4.79 Å². The standard InChI is InChI=1S/C18H12INO2/c19-15-8-4-7-14(11-15)16-12-18(21)22-17(20-16)10-9-13-5-2-1-3-6-13/h1-12H. The molecule has 0 fully saturated rings. The van der Waals surface area contributed by atoms with Crippen molar-refractivity contribution < 1.29 is 4.42 Å². The van der Waals surface area contributed by atoms with Crippen LogP contribution in [0.1, 0.15) is 11.5 Å². The molecule has 0 aliphatic heterocycles. The van der Waals surface area contributed by atoms with Crippen LogP contribution in [0.25, 0.3) is 23.4 Å². The van der Waals surface area contributed by atoms with Crippen molar-refractivity contribution >= 4 is 34.7 Å². The molecule has 22 heavy (non-hydrogen) atoms. The van der Waals surface area contributed by atoms with Gasteiger partial charge in [0, 0.05) is 15.2 Å². The van der Waals surface area contributed by atoms with Gasteiger partial charge in [-0.15, -0.1) is 0 Å². The van der Waals surface area contributed by atoms with E-state index in [1.54, 1.807) is 6.08 Å². The van der Waals surface area contributed by atoms with Crippen LogP contribution in [0.4, 0.5) is 0 Å². The molecule has 1 aromatic heterocycles. The Morgan fingerprint density at radius 1 is 0.955 bits per heavy atom. The second-order valence-electron chi connectivity index (χ2n) is 4.66. The predicted molar refractivity (Wildman–Crippen MR) is 96.3 cm³/mol. The Balaban J connectivity index is 1.97. The molecule has 3 nitrogen and oxygen atoms in total. The molecule has 0 bridgehead atoms. The number of nitrogens with zero attached hydrogens (tertiary/aromatic N) is 1. The maximum absolute atomic E-state index is 11.7. The summed E-state index contributed by atoms with van der Waals surface area (Å²) in [5, 5.41) is 0. The van der Waals surface area contributed by atoms with Crippen LogP contribution in [0, 0.1) is 3.57 Å². The molecule has 108 valence electrons. The fraction of sp³-hybridized carbons (Fsp3) is 0. The highest BCUT2D eigenvalue weighted by Crippen LogP contribution is 2.19. The first-order chi connectivity index (χ1) is 10.7. The molecule has 0 aliphatic rings. The Bertz CT molecular complexity index is 870. The summed E-state index contributed by atoms with van der Waals surface area (Å²) in [6.45, 7) is 0. The van der Waals surface area contributed by atoms with Gasteiger partial charge in [0.05, 0.1) is 11.8 Å². The highest BCUT2D eigenvalue weighted by molar-refractivity contribution is 14.1. The van der Waals surface area contributed by atoms with E-state index in [1.165, 1.54) is 6.07 Å². The Morgan fingerprint density at radius 2 is 1.77 bits per heavy atom. The molecule has 0 saturated heterocycles. The van der Waals surface area contributed by atoms with Crippen molar-refractivity contribution in [1.82, 2.24) is 4.98 Å². The number of benzene rings is 2. The molecular formula is C18H12INO2. The number of hydrogen-bond donors (Lipinski definition) is 0. The zero-order chi connectivity index (χ0) is 15.4. The van der Waals surface area contributed by atoms with E-state index in [1.807, 2.05) is 60.7 Å². The van der Waals surface area contributed by atoms with Gasteiger partial charge in [0.1, 0.15) is 0 Å². The molecule has 0 saturated carbocycles. The third kappa shape index (κ3) is 3.71. The second-order valence-corrected chi connectivity index (χ2v) is 5.90. The molecule has 1 heterocycles. The first-order valence-corrected chi connectivity index (χ1v) is 7.80. The van der Waals surface area contributed by atoms with Crippen molar-refractivity contribution in [2.24, 2.45) is 0 Å². The van der Waals surface area contributed by atoms with Gasteiger partial charge in [-0.25, -0.2) is 9.78 Å². The van der Waals surface area contributed by atoms with Crippen LogP contribution in [0.3, 0.4) is 0 Å². The van der Waals surface area contributed by atoms with Crippen LogP contribution in [0.15, 0.2) is 69.9 Å². The Hall–Kier alpha value is -2.21. The number of halogens is 1. The normalized spacial score (nSPS) is 11.0. The van der Waals surface area contributed by atoms with Gasteiger partial charge in [-0.05, 0) is 46.4 Å². The van der Waals surface area contributed by atoms with E-state index in [0.29, 0.717) is 11.6 Å². The molecule has 4 heteroatoms. The Labute approximate surface area is 141 Å². The summed E-state index contributed by atoms with van der Waals surface area (Å²) in [6, 6.07) is 19.0. The highest BCUT2D eigenvalue weighted by atomic mass is 127. The van der Waals surface area contributed by atoms with Crippen LogP contribution in [0.5, 0.6) is 0 Å². The minimum atomic E-state index is -0.406. The maximum Gasteiger partial charge on any atom is 0.339 e. The summed E-state index contributed by atoms with van der Waals surface area (Å²) in [5.74, 6) is 0.296. The molecule has 0 unspecified atom stereocenters. The van der Waals surface area contributed by atoms with Crippen molar-refractivity contribution in [2.45, 2.75) is 0 Å². The number of aromatic nitrogens is 1. The van der Waals surface area contributed by atoms with Gasteiger partial charge in [0.25, 0.3) is 0 Å². The largest absolute Gasteiger partial charge is 0.404 e. The fourth-order valence-corrected chi connectivity index (χ4v) is 2.56. The number of rotatable bonds is 3. The van der Waals surface area contributed by atoms with Crippen molar-refractivity contribution in [3.05, 3.63) is 86.1 Å². The lowest BCUT2D eigenvalue weighted by atomic mass is 10.1. The van der Waals surface area contributed by atoms with Crippen molar-refractivity contribution in [1.29, 1.82) is 0 Å². The van der Waals surface area contributed by atoms with E-state index >= 15 is 0 Å². The molecule has 3 rings (SSSR count). The predicted octanol–water partition coefficient (Wildman–Crippen LogP) is 4.48. The van der Waals surface area contributed by atoms with Crippen molar-refractivity contribution in [2.75, 3.05) is 0 Å². The van der Waals surface area contributed by atoms with Gasteiger partial charge in [0.2, 0.25) is 5.89 Å². The first kappa shape index (κ1) is 14.7. The summed E-state index contributed by atoms with van der Waals surface area (Å²) in [6.07, 6.45) is 3.57. The molecule has 0 amide bonds. The summed E-state index contributed by atoms with van der Waals surface area (Å²) in [7, 11) is 0. The Morgan fingerprint density at radius 3 is 2.55 bits per heavy atom. The monoisotopic (exact) mass is 401 g/mol. The van der Waals surface area contributed by atoms with Gasteiger partial charge >= 0.3 is 5.63 Å². The Kier molecular flexibility index (Phi) is 4.48. The zero-order valence-corrected chi connectivity index (χ0v) is 13.7. The van der Waals surface area contributed by atoms with Crippen LogP contribution in [0.2, 0.25) is 0 Å². The molecule has 3 aromatic rings. The zero-order valence-electron chi connectivity index (χ0n) is 11.6. The van der Waals surface area contributed by atoms with E-state index in [2.05, 4.69) is 27.6 Å². The molecule has 0 spiro atoms. The van der Waals surface area contributed by atoms with Crippen molar-refractivity contribution in [3.8, 4) is 11.3 Å². The summed E-state index contributed by atoms with van der Waals surface area (Å²) >= 11 is 2.23. The number of hydrogen-bond acceptors (Lipinski definition) is 3. The molecular weight excluding hydrogens is 389 g/mol. The van der Waals surface area contributed by atoms with Gasteiger partial charge < -0.3 is 4.42 Å². The van der Waals surface area contributed by atoms with E-state index in [-0.39, 0.29) is 0 Å². The first-order valence-electron chi connectivity index (χ1n) is 6.72. The third-order valence-corrected chi connectivity index (χ3v) is 3.70. The molecule has 0 N–H and O–H groups in total. The minimum Gasteiger partial charge on any atom is -0.404 e. The van der Waals surface area contributed by atoms with Gasteiger partial charge in [0.15, 0.2) is 0 Å². The van der Waals surface area contributed by atoms with Crippen LogP contribution >= 0.6 is 22.6 Å². The molecule has 0 aliphatic carbocycles. The van der Waals surface area contributed by atoms with Crippen LogP contribution in [-0.2, 0) is 0 Å². The summed E-state index contributed by atoms with van der Waals surface area (Å²) in [5.41, 5.74) is 2.12. The van der Waals surface area contributed by atoms with E-state index in [4.69, 9.17) is 4.42 Å². The maximum atomic E-state index is 11.7. The summed E-state index contributed by atoms with van der Waals surface area (Å²) in [4.78, 5) is 16.1. The highest BCUT2D eigenvalue weighted by Gasteiger charge is 2.04. The van der Waals surface area contributed by atoms with E-state index in [0.717, 1.165) is 14.7 Å². The van der Waals surface area contributed by atoms with Crippen LogP contribution in [-0.4, -0.2) is 4.98 Å². The lowest BCUT2D eigenvalue weighted by Crippen LogP contribution is -2.01. The van der Waals surface area contributed by atoms with Gasteiger partial charge in [-0.2, -0.15) is 0 Å². The minimum absolute atomic E-state index is 0.296. The van der Waals surface area contributed by atoms with Crippen LogP contribution < -0.4 is 5.63 Å². The van der Waals surface area contributed by atoms with Gasteiger partial charge in [-0.1, -0.05) is 42.5 Å². The average Bonchev–Trinajstić information content (AvgIpc) is 2.53. The van der Waals surface area contributed by atoms with Gasteiger partial charge in [-0.3, -0.25) is 0 Å². The van der Waals surface area contributed by atoms with Crippen molar-refractivity contribution in [3.63, 3.8) is 0 Å². The summed E-state index contributed by atoms with van der Waals surface area (Å²) < 4.78 is 6.23. The average molecular weight is 401 g/mol. The lowest BCUT2D eigenvalue weighted by molar-refractivity contribution is 0.481. The smallest absolute Gasteiger partial charge is 0.339 e. The molecule has 2 aromatic carbocycles. The third-order valence-electron chi connectivity index (χ3n) is 3.03.